The van der Waals surface area contributed by atoms with E-state index >= 15 is 0 Å². The van der Waals surface area contributed by atoms with Crippen LogP contribution in [0.5, 0.6) is 5.19 Å². The van der Waals surface area contributed by atoms with Crippen LogP contribution in [0.3, 0.4) is 0 Å². The summed E-state index contributed by atoms with van der Waals surface area (Å²) in [5, 5.41) is 14.2. The monoisotopic (exact) mass is 438 g/mol. The molecular formula is C21H22N6O3S. The van der Waals surface area contributed by atoms with Crippen LogP contribution < -0.4 is 20.3 Å². The molecule has 0 saturated carbocycles. The number of hydrogen-bond donors (Lipinski definition) is 2. The number of carbonyl (C=O) groups is 2. The van der Waals surface area contributed by atoms with Gasteiger partial charge in [-0.1, -0.05) is 34.9 Å². The van der Waals surface area contributed by atoms with Crippen molar-refractivity contribution >= 4 is 34.1 Å². The van der Waals surface area contributed by atoms with Crippen molar-refractivity contribution in [2.24, 2.45) is 0 Å². The number of aromatic nitrogens is 3. The predicted molar refractivity (Wildman–Crippen MR) is 117 cm³/mol. The Morgan fingerprint density at radius 2 is 2.10 bits per heavy atom. The van der Waals surface area contributed by atoms with Crippen LogP contribution in [0.2, 0.25) is 0 Å². The van der Waals surface area contributed by atoms with Gasteiger partial charge < -0.3 is 15.0 Å². The average molecular weight is 439 g/mol. The Labute approximate surface area is 183 Å². The quantitative estimate of drug-likeness (QED) is 0.608. The molecule has 0 spiro atoms. The van der Waals surface area contributed by atoms with Crippen LogP contribution >= 0.6 is 11.3 Å². The van der Waals surface area contributed by atoms with Gasteiger partial charge in [-0.05, 0) is 42.9 Å². The van der Waals surface area contributed by atoms with E-state index in [0.29, 0.717) is 41.4 Å². The maximum absolute atomic E-state index is 12.9. The second kappa shape index (κ2) is 9.09. The van der Waals surface area contributed by atoms with E-state index < -0.39 is 6.04 Å². The highest BCUT2D eigenvalue weighted by Crippen LogP contribution is 2.26. The zero-order valence-electron chi connectivity index (χ0n) is 17.2. The maximum atomic E-state index is 12.9. The van der Waals surface area contributed by atoms with E-state index in [4.69, 9.17) is 4.74 Å². The van der Waals surface area contributed by atoms with Gasteiger partial charge in [-0.25, -0.2) is 4.98 Å². The number of amides is 2. The second-order valence-electron chi connectivity index (χ2n) is 7.14. The fourth-order valence-electron chi connectivity index (χ4n) is 3.19. The molecule has 1 aromatic carbocycles. The molecule has 31 heavy (non-hydrogen) atoms. The summed E-state index contributed by atoms with van der Waals surface area (Å²) >= 11 is 1.15. The zero-order valence-corrected chi connectivity index (χ0v) is 18.0. The first kappa shape index (κ1) is 20.7. The summed E-state index contributed by atoms with van der Waals surface area (Å²) in [6.07, 6.45) is 1.60. The predicted octanol–water partition coefficient (Wildman–Crippen LogP) is 2.40. The van der Waals surface area contributed by atoms with E-state index in [1.165, 1.54) is 5.56 Å². The highest BCUT2D eigenvalue weighted by molar-refractivity contribution is 7.17. The van der Waals surface area contributed by atoms with Crippen molar-refractivity contribution in [1.82, 2.24) is 20.5 Å². The molecule has 2 aromatic heterocycles. The lowest BCUT2D eigenvalue weighted by Crippen LogP contribution is -2.54. The summed E-state index contributed by atoms with van der Waals surface area (Å²) < 4.78 is 5.67. The van der Waals surface area contributed by atoms with Crippen LogP contribution in [0.15, 0.2) is 42.6 Å². The van der Waals surface area contributed by atoms with E-state index in [2.05, 4.69) is 25.8 Å². The van der Waals surface area contributed by atoms with Crippen LogP contribution in [-0.4, -0.2) is 46.1 Å². The highest BCUT2D eigenvalue weighted by atomic mass is 32.1. The Morgan fingerprint density at radius 3 is 2.90 bits per heavy atom. The number of carbonyl (C=O) groups excluding carboxylic acids is 2. The van der Waals surface area contributed by atoms with Crippen LogP contribution in [-0.2, 0) is 11.4 Å². The normalized spacial score (nSPS) is 16.0. The first-order valence-electron chi connectivity index (χ1n) is 9.84. The lowest BCUT2D eigenvalue weighted by atomic mass is 10.1. The lowest BCUT2D eigenvalue weighted by molar-refractivity contribution is -0.122. The summed E-state index contributed by atoms with van der Waals surface area (Å²) in [5.74, 6) is -0.00650. The Kier molecular flexibility index (Phi) is 6.08. The molecule has 1 aliphatic heterocycles. The summed E-state index contributed by atoms with van der Waals surface area (Å²) in [6.45, 7) is 5.25. The number of anilines is 2. The molecule has 3 heterocycles. The smallest absolute Gasteiger partial charge is 0.296 e. The van der Waals surface area contributed by atoms with Crippen LogP contribution in [0, 0.1) is 6.92 Å². The molecule has 9 nitrogen and oxygen atoms in total. The molecule has 4 rings (SSSR count). The van der Waals surface area contributed by atoms with Gasteiger partial charge in [-0.3, -0.25) is 14.9 Å². The molecule has 10 heteroatoms. The van der Waals surface area contributed by atoms with Crippen molar-refractivity contribution in [2.45, 2.75) is 26.5 Å². The Balaban J connectivity index is 1.43. The Morgan fingerprint density at radius 1 is 1.29 bits per heavy atom. The van der Waals surface area contributed by atoms with Crippen molar-refractivity contribution in [2.75, 3.05) is 23.3 Å². The topological polar surface area (TPSA) is 109 Å². The van der Waals surface area contributed by atoms with Crippen molar-refractivity contribution in [1.29, 1.82) is 0 Å². The minimum atomic E-state index is -0.418. The van der Waals surface area contributed by atoms with Gasteiger partial charge in [-0.15, -0.1) is 5.10 Å². The number of rotatable bonds is 6. The van der Waals surface area contributed by atoms with E-state index in [1.54, 1.807) is 25.3 Å². The van der Waals surface area contributed by atoms with Crippen molar-refractivity contribution < 1.29 is 14.3 Å². The number of ether oxygens (including phenoxy) is 1. The third kappa shape index (κ3) is 4.80. The number of piperazine rings is 1. The van der Waals surface area contributed by atoms with Gasteiger partial charge in [-0.2, -0.15) is 0 Å². The molecule has 1 fully saturated rings. The molecule has 3 aromatic rings. The molecule has 1 saturated heterocycles. The summed E-state index contributed by atoms with van der Waals surface area (Å²) in [5.41, 5.74) is 2.56. The lowest BCUT2D eigenvalue weighted by Gasteiger charge is -2.34. The van der Waals surface area contributed by atoms with Gasteiger partial charge in [0.2, 0.25) is 11.0 Å². The molecule has 1 atom stereocenters. The maximum Gasteiger partial charge on any atom is 0.296 e. The van der Waals surface area contributed by atoms with E-state index in [-0.39, 0.29) is 11.8 Å². The van der Waals surface area contributed by atoms with Crippen molar-refractivity contribution in [3.63, 3.8) is 0 Å². The van der Waals surface area contributed by atoms with Crippen LogP contribution in [0.25, 0.3) is 0 Å². The van der Waals surface area contributed by atoms with Gasteiger partial charge in [0.15, 0.2) is 0 Å². The summed E-state index contributed by atoms with van der Waals surface area (Å²) in [4.78, 5) is 31.1. The summed E-state index contributed by atoms with van der Waals surface area (Å²) in [6, 6.07) is 11.0. The molecule has 2 N–H and O–H groups in total. The molecule has 1 unspecified atom stereocenters. The fourth-order valence-corrected chi connectivity index (χ4v) is 3.78. The number of benzene rings is 1. The van der Waals surface area contributed by atoms with Crippen LogP contribution in [0.4, 0.5) is 10.9 Å². The number of pyridine rings is 1. The Hall–Kier alpha value is -3.53. The van der Waals surface area contributed by atoms with Crippen molar-refractivity contribution in [3.05, 3.63) is 59.3 Å². The molecule has 2 amide bonds. The summed E-state index contributed by atoms with van der Waals surface area (Å²) in [7, 11) is 0. The van der Waals surface area contributed by atoms with Gasteiger partial charge in [0.25, 0.3) is 11.1 Å². The minimum Gasteiger partial charge on any atom is -0.464 e. The number of aryl methyl sites for hydroxylation is 1. The average Bonchev–Trinajstić information content (AvgIpc) is 3.22. The van der Waals surface area contributed by atoms with E-state index in [1.807, 2.05) is 36.1 Å². The van der Waals surface area contributed by atoms with Gasteiger partial charge in [0, 0.05) is 19.3 Å². The highest BCUT2D eigenvalue weighted by Gasteiger charge is 2.29. The van der Waals surface area contributed by atoms with Gasteiger partial charge in [0.1, 0.15) is 18.5 Å². The molecule has 0 radical (unpaired) electrons. The third-order valence-electron chi connectivity index (χ3n) is 4.91. The SMILES string of the molecule is Cc1ccc(COc2nnc(NC(=O)c3cccnc3N3CCNC(=O)C3C)s2)cc1. The molecule has 0 bridgehead atoms. The number of hydrogen-bond acceptors (Lipinski definition) is 8. The number of nitrogens with one attached hydrogen (secondary N) is 2. The molecule has 0 aliphatic carbocycles. The van der Waals surface area contributed by atoms with Crippen molar-refractivity contribution in [3.8, 4) is 5.19 Å². The first-order valence-corrected chi connectivity index (χ1v) is 10.7. The first-order chi connectivity index (χ1) is 15.0. The minimum absolute atomic E-state index is 0.0947. The van der Waals surface area contributed by atoms with Crippen LogP contribution in [0.1, 0.15) is 28.4 Å². The third-order valence-corrected chi connectivity index (χ3v) is 5.66. The van der Waals surface area contributed by atoms with Gasteiger partial charge >= 0.3 is 0 Å². The molecular weight excluding hydrogens is 416 g/mol. The molecule has 1 aliphatic rings. The van der Waals surface area contributed by atoms with E-state index in [9.17, 15) is 9.59 Å². The standard InChI is InChI=1S/C21H22N6O3S/c1-13-5-7-15(8-6-13)12-30-21-26-25-20(31-21)24-19(29)16-4-3-9-22-17(16)27-11-10-23-18(28)14(27)2/h3-9,14H,10-12H2,1-2H3,(H,23,28)(H,24,25,29). The molecule has 160 valence electrons. The van der Waals surface area contributed by atoms with E-state index in [0.717, 1.165) is 16.9 Å². The largest absolute Gasteiger partial charge is 0.464 e. The van der Waals surface area contributed by atoms with Gasteiger partial charge in [0.05, 0.1) is 5.56 Å². The number of nitrogens with zero attached hydrogens (tertiary/aromatic N) is 4. The fraction of sp³-hybridized carbons (Fsp3) is 0.286. The Bertz CT molecular complexity index is 1080. The second-order valence-corrected chi connectivity index (χ2v) is 8.08. The zero-order chi connectivity index (χ0) is 21.8.